The lowest BCUT2D eigenvalue weighted by Gasteiger charge is -2.33. The number of rotatable bonds is 2. The number of thiazole rings is 1. The van der Waals surface area contributed by atoms with Crippen molar-refractivity contribution in [1.82, 2.24) is 4.98 Å². The van der Waals surface area contributed by atoms with Gasteiger partial charge in [-0.3, -0.25) is 14.9 Å². The van der Waals surface area contributed by atoms with Crippen molar-refractivity contribution in [2.75, 3.05) is 10.6 Å². The predicted octanol–water partition coefficient (Wildman–Crippen LogP) is 3.82. The van der Waals surface area contributed by atoms with Crippen LogP contribution in [0.3, 0.4) is 0 Å². The molecule has 2 aromatic rings. The topological polar surface area (TPSA) is 80.3 Å². The fourth-order valence-electron chi connectivity index (χ4n) is 2.24. The van der Waals surface area contributed by atoms with Gasteiger partial charge < -0.3 is 10.1 Å². The third-order valence-electron chi connectivity index (χ3n) is 3.86. The average molecular weight is 380 g/mol. The minimum atomic E-state index is -1.70. The Bertz CT molecular complexity index is 859. The zero-order valence-electron chi connectivity index (χ0n) is 14.3. The Hall–Kier alpha value is -2.12. The Morgan fingerprint density at radius 3 is 2.76 bits per heavy atom. The molecule has 0 bridgehead atoms. The van der Waals surface area contributed by atoms with E-state index in [1.54, 1.807) is 18.2 Å². The highest BCUT2D eigenvalue weighted by Gasteiger charge is 2.47. The molecule has 0 fully saturated rings. The van der Waals surface area contributed by atoms with Crippen molar-refractivity contribution in [2.45, 2.75) is 38.7 Å². The highest BCUT2D eigenvalue weighted by molar-refractivity contribution is 7.14. The van der Waals surface area contributed by atoms with Gasteiger partial charge in [-0.2, -0.15) is 0 Å². The molecule has 6 nitrogen and oxygen atoms in total. The van der Waals surface area contributed by atoms with Gasteiger partial charge in [-0.25, -0.2) is 4.98 Å². The van der Waals surface area contributed by atoms with Crippen LogP contribution in [-0.2, 0) is 15.0 Å². The van der Waals surface area contributed by atoms with Crippen LogP contribution < -0.4 is 15.4 Å². The number of ether oxygens (including phenoxy) is 1. The van der Waals surface area contributed by atoms with E-state index in [1.165, 1.54) is 18.3 Å². The molecule has 2 heterocycles. The Balaban J connectivity index is 1.82. The normalized spacial score (nSPS) is 19.6. The number of anilines is 2. The highest BCUT2D eigenvalue weighted by Crippen LogP contribution is 2.36. The van der Waals surface area contributed by atoms with Crippen molar-refractivity contribution in [3.05, 3.63) is 34.3 Å². The maximum atomic E-state index is 12.7. The molecule has 1 atom stereocenters. The molecule has 2 N–H and O–H groups in total. The van der Waals surface area contributed by atoms with Gasteiger partial charge in [0.25, 0.3) is 17.4 Å². The van der Waals surface area contributed by atoms with E-state index in [-0.39, 0.29) is 5.41 Å². The molecule has 1 aromatic heterocycles. The van der Waals surface area contributed by atoms with Crippen LogP contribution >= 0.6 is 22.9 Å². The van der Waals surface area contributed by atoms with E-state index in [0.29, 0.717) is 21.6 Å². The summed E-state index contributed by atoms with van der Waals surface area (Å²) in [5.74, 6) is -0.760. The van der Waals surface area contributed by atoms with E-state index >= 15 is 0 Å². The number of hydrogen-bond donors (Lipinski definition) is 2. The first-order valence-corrected chi connectivity index (χ1v) is 8.93. The number of nitrogens with one attached hydrogen (secondary N) is 2. The Morgan fingerprint density at radius 1 is 1.40 bits per heavy atom. The van der Waals surface area contributed by atoms with Crippen molar-refractivity contribution < 1.29 is 14.3 Å². The molecule has 0 saturated heterocycles. The molecule has 0 saturated carbocycles. The van der Waals surface area contributed by atoms with E-state index < -0.39 is 17.4 Å². The summed E-state index contributed by atoms with van der Waals surface area (Å²) in [7, 11) is 0. The van der Waals surface area contributed by atoms with Crippen molar-refractivity contribution >= 4 is 45.6 Å². The predicted molar refractivity (Wildman–Crippen MR) is 98.6 cm³/mol. The van der Waals surface area contributed by atoms with Gasteiger partial charge >= 0.3 is 0 Å². The molecule has 1 unspecified atom stereocenters. The average Bonchev–Trinajstić information content (AvgIpc) is 2.97. The van der Waals surface area contributed by atoms with E-state index in [4.69, 9.17) is 16.3 Å². The number of benzene rings is 1. The second-order valence-electron chi connectivity index (χ2n) is 6.97. The van der Waals surface area contributed by atoms with Gasteiger partial charge in [-0.05, 0) is 25.1 Å². The minimum Gasteiger partial charge on any atom is -0.466 e. The van der Waals surface area contributed by atoms with Gasteiger partial charge in [0, 0.05) is 15.8 Å². The summed E-state index contributed by atoms with van der Waals surface area (Å²) < 4.78 is 5.69. The van der Waals surface area contributed by atoms with Crippen molar-refractivity contribution in [1.29, 1.82) is 0 Å². The number of fused-ring (bicyclic) bond motifs is 1. The highest BCUT2D eigenvalue weighted by atomic mass is 35.5. The third-order valence-corrected chi connectivity index (χ3v) is 4.86. The Kier molecular flexibility index (Phi) is 4.25. The maximum Gasteiger partial charge on any atom is 0.280 e. The molecular weight excluding hydrogens is 362 g/mol. The standard InChI is InChI=1S/C17H18ClN3O3S/c1-16(2,3)12-8-25-15(20-12)21-14(23)17(4)13(22)19-10-7-9(18)5-6-11(10)24-17/h5-8H,1-4H3,(H,19,22)(H,20,21,23). The lowest BCUT2D eigenvalue weighted by atomic mass is 9.93. The molecule has 1 aromatic carbocycles. The zero-order chi connectivity index (χ0) is 18.4. The molecule has 2 amide bonds. The number of carbonyl (C=O) groups is 2. The van der Waals surface area contributed by atoms with Crippen LogP contribution in [0.2, 0.25) is 5.02 Å². The first kappa shape index (κ1) is 17.7. The van der Waals surface area contributed by atoms with Crippen LogP contribution in [0.25, 0.3) is 0 Å². The van der Waals surface area contributed by atoms with Crippen LogP contribution in [-0.4, -0.2) is 22.4 Å². The summed E-state index contributed by atoms with van der Waals surface area (Å²) in [5, 5.41) is 8.11. The van der Waals surface area contributed by atoms with E-state index in [2.05, 4.69) is 15.6 Å². The molecule has 132 valence electrons. The monoisotopic (exact) mass is 379 g/mol. The third kappa shape index (κ3) is 3.34. The van der Waals surface area contributed by atoms with E-state index in [9.17, 15) is 9.59 Å². The van der Waals surface area contributed by atoms with Gasteiger partial charge in [-0.1, -0.05) is 32.4 Å². The zero-order valence-corrected chi connectivity index (χ0v) is 15.8. The Labute approximate surface area is 154 Å². The van der Waals surface area contributed by atoms with Crippen LogP contribution in [0.5, 0.6) is 5.75 Å². The first-order valence-electron chi connectivity index (χ1n) is 7.67. The summed E-state index contributed by atoms with van der Waals surface area (Å²) in [6.07, 6.45) is 0. The quantitative estimate of drug-likeness (QED) is 0.777. The number of hydrogen-bond acceptors (Lipinski definition) is 5. The number of halogens is 1. The van der Waals surface area contributed by atoms with Crippen LogP contribution in [0, 0.1) is 0 Å². The Morgan fingerprint density at radius 2 is 2.12 bits per heavy atom. The van der Waals surface area contributed by atoms with Gasteiger partial charge in [0.1, 0.15) is 5.75 Å². The largest absolute Gasteiger partial charge is 0.466 e. The lowest BCUT2D eigenvalue weighted by Crippen LogP contribution is -2.56. The second-order valence-corrected chi connectivity index (χ2v) is 8.27. The molecule has 1 aliphatic rings. The maximum absolute atomic E-state index is 12.7. The minimum absolute atomic E-state index is 0.125. The molecule has 3 rings (SSSR count). The number of carbonyl (C=O) groups excluding carboxylic acids is 2. The number of nitrogens with zero attached hydrogens (tertiary/aromatic N) is 1. The van der Waals surface area contributed by atoms with Crippen molar-refractivity contribution in [2.24, 2.45) is 0 Å². The van der Waals surface area contributed by atoms with Gasteiger partial charge in [-0.15, -0.1) is 11.3 Å². The molecule has 0 spiro atoms. The van der Waals surface area contributed by atoms with Gasteiger partial charge in [0.2, 0.25) is 0 Å². The fourth-order valence-corrected chi connectivity index (χ4v) is 3.34. The number of aromatic nitrogens is 1. The van der Waals surface area contributed by atoms with Gasteiger partial charge in [0.15, 0.2) is 5.13 Å². The molecule has 0 aliphatic carbocycles. The van der Waals surface area contributed by atoms with E-state index in [0.717, 1.165) is 5.69 Å². The van der Waals surface area contributed by atoms with E-state index in [1.807, 2.05) is 26.2 Å². The van der Waals surface area contributed by atoms with Crippen LogP contribution in [0.4, 0.5) is 10.8 Å². The summed E-state index contributed by atoms with van der Waals surface area (Å²) in [4.78, 5) is 29.5. The summed E-state index contributed by atoms with van der Waals surface area (Å²) in [6.45, 7) is 7.53. The number of amides is 2. The molecule has 0 radical (unpaired) electrons. The van der Waals surface area contributed by atoms with Crippen molar-refractivity contribution in [3.63, 3.8) is 0 Å². The molecular formula is C17H18ClN3O3S. The molecule has 1 aliphatic heterocycles. The molecule has 25 heavy (non-hydrogen) atoms. The lowest BCUT2D eigenvalue weighted by molar-refractivity contribution is -0.143. The second kappa shape index (κ2) is 6.00. The van der Waals surface area contributed by atoms with Crippen LogP contribution in [0.15, 0.2) is 23.6 Å². The summed E-state index contributed by atoms with van der Waals surface area (Å²) in [5.41, 5.74) is -0.520. The first-order chi connectivity index (χ1) is 11.6. The fraction of sp³-hybridized carbons (Fsp3) is 0.353. The smallest absolute Gasteiger partial charge is 0.280 e. The van der Waals surface area contributed by atoms with Crippen LogP contribution in [0.1, 0.15) is 33.4 Å². The van der Waals surface area contributed by atoms with Gasteiger partial charge in [0.05, 0.1) is 11.4 Å². The SMILES string of the molecule is CC1(C(=O)Nc2nc(C(C)(C)C)cs2)Oc2ccc(Cl)cc2NC1=O. The van der Waals surface area contributed by atoms with Crippen molar-refractivity contribution in [3.8, 4) is 5.75 Å². The summed E-state index contributed by atoms with van der Waals surface area (Å²) >= 11 is 7.22. The molecule has 8 heteroatoms. The summed E-state index contributed by atoms with van der Waals surface area (Å²) in [6, 6.07) is 4.82.